The smallest absolute Gasteiger partial charge is 0.127 e. The van der Waals surface area contributed by atoms with Crippen LogP contribution in [-0.2, 0) is 6.54 Å². The molecule has 2 N–H and O–H groups in total. The minimum absolute atomic E-state index is 0.256. The number of methoxy groups -OCH3 is 2. The van der Waals surface area contributed by atoms with E-state index in [4.69, 9.17) is 14.6 Å². The molecule has 1 aromatic rings. The number of hydrogen-bond donors (Lipinski definition) is 2. The summed E-state index contributed by atoms with van der Waals surface area (Å²) in [5.41, 5.74) is 1.11. The van der Waals surface area contributed by atoms with Gasteiger partial charge in [-0.25, -0.2) is 0 Å². The summed E-state index contributed by atoms with van der Waals surface area (Å²) in [6.07, 6.45) is 1.93. The first kappa shape index (κ1) is 15.8. The number of benzene rings is 1. The third kappa shape index (κ3) is 5.09. The van der Waals surface area contributed by atoms with Crippen molar-refractivity contribution in [3.63, 3.8) is 0 Å². The van der Waals surface area contributed by atoms with Crippen LogP contribution in [0.15, 0.2) is 18.2 Å². The maximum absolute atomic E-state index is 8.96. The van der Waals surface area contributed by atoms with Crippen LogP contribution in [0.3, 0.4) is 0 Å². The summed E-state index contributed by atoms with van der Waals surface area (Å²) >= 11 is 0. The Bertz CT molecular complexity index is 368. The summed E-state index contributed by atoms with van der Waals surface area (Å²) < 4.78 is 10.5. The molecule has 0 aliphatic carbocycles. The topological polar surface area (TPSA) is 50.7 Å². The van der Waals surface area contributed by atoms with Gasteiger partial charge in [0.15, 0.2) is 0 Å². The van der Waals surface area contributed by atoms with Gasteiger partial charge in [0.1, 0.15) is 11.5 Å². The molecule has 1 rings (SSSR count). The summed E-state index contributed by atoms with van der Waals surface area (Å²) in [4.78, 5) is 0. The van der Waals surface area contributed by atoms with Gasteiger partial charge in [-0.2, -0.15) is 0 Å². The van der Waals surface area contributed by atoms with Crippen LogP contribution in [0.4, 0.5) is 0 Å². The number of aliphatic hydroxyl groups excluding tert-OH is 1. The van der Waals surface area contributed by atoms with E-state index < -0.39 is 0 Å². The van der Waals surface area contributed by atoms with Crippen LogP contribution in [0.1, 0.15) is 25.3 Å². The van der Waals surface area contributed by atoms with E-state index in [1.165, 1.54) is 0 Å². The van der Waals surface area contributed by atoms with E-state index in [0.717, 1.165) is 43.0 Å². The molecule has 19 heavy (non-hydrogen) atoms. The average Bonchev–Trinajstić information content (AvgIpc) is 2.46. The van der Waals surface area contributed by atoms with Gasteiger partial charge in [0.05, 0.1) is 14.2 Å². The highest BCUT2D eigenvalue weighted by atomic mass is 16.5. The quantitative estimate of drug-likeness (QED) is 0.720. The van der Waals surface area contributed by atoms with Gasteiger partial charge in [0, 0.05) is 24.8 Å². The molecule has 1 unspecified atom stereocenters. The highest BCUT2D eigenvalue weighted by Crippen LogP contribution is 2.24. The third-order valence-corrected chi connectivity index (χ3v) is 3.36. The molecule has 0 amide bonds. The van der Waals surface area contributed by atoms with Gasteiger partial charge in [-0.15, -0.1) is 0 Å². The van der Waals surface area contributed by atoms with Gasteiger partial charge in [-0.1, -0.05) is 19.4 Å². The van der Waals surface area contributed by atoms with Gasteiger partial charge < -0.3 is 19.9 Å². The van der Waals surface area contributed by atoms with Crippen LogP contribution in [0.25, 0.3) is 0 Å². The second kappa shape index (κ2) is 8.77. The molecule has 0 aliphatic heterocycles. The summed E-state index contributed by atoms with van der Waals surface area (Å²) in [5, 5.41) is 12.4. The highest BCUT2D eigenvalue weighted by molar-refractivity contribution is 5.40. The molecule has 1 atom stereocenters. The lowest BCUT2D eigenvalue weighted by Crippen LogP contribution is -2.23. The molecule has 0 aliphatic rings. The minimum Gasteiger partial charge on any atom is -0.497 e. The molecule has 0 bridgehead atoms. The predicted octanol–water partition coefficient (Wildman–Crippen LogP) is 2.20. The Morgan fingerprint density at radius 2 is 2.05 bits per heavy atom. The van der Waals surface area contributed by atoms with Crippen molar-refractivity contribution in [2.45, 2.75) is 26.3 Å². The zero-order valence-electron chi connectivity index (χ0n) is 12.1. The molecule has 0 aromatic heterocycles. The molecule has 0 saturated carbocycles. The molecule has 0 radical (unpaired) electrons. The molecule has 4 nitrogen and oxygen atoms in total. The molecule has 0 heterocycles. The van der Waals surface area contributed by atoms with Crippen molar-refractivity contribution in [2.75, 3.05) is 27.4 Å². The number of hydrogen-bond acceptors (Lipinski definition) is 4. The largest absolute Gasteiger partial charge is 0.497 e. The molecule has 108 valence electrons. The van der Waals surface area contributed by atoms with Crippen LogP contribution in [-0.4, -0.2) is 32.5 Å². The standard InChI is InChI=1S/C15H25NO3/c1-4-12(7-8-17)10-16-11-13-5-6-14(18-2)9-15(13)19-3/h5-6,9,12,16-17H,4,7-8,10-11H2,1-3H3. The lowest BCUT2D eigenvalue weighted by molar-refractivity contribution is 0.251. The molecule has 0 fully saturated rings. The normalized spacial score (nSPS) is 12.2. The zero-order valence-corrected chi connectivity index (χ0v) is 12.1. The van der Waals surface area contributed by atoms with Gasteiger partial charge in [-0.3, -0.25) is 0 Å². The van der Waals surface area contributed by atoms with Crippen LogP contribution in [0, 0.1) is 5.92 Å². The predicted molar refractivity (Wildman–Crippen MR) is 76.7 cm³/mol. The zero-order chi connectivity index (χ0) is 14.1. The number of aliphatic hydroxyl groups is 1. The highest BCUT2D eigenvalue weighted by Gasteiger charge is 2.07. The van der Waals surface area contributed by atoms with Crippen molar-refractivity contribution in [3.05, 3.63) is 23.8 Å². The fourth-order valence-electron chi connectivity index (χ4n) is 2.04. The molecule has 0 spiro atoms. The SMILES string of the molecule is CCC(CCO)CNCc1ccc(OC)cc1OC. The molecule has 1 aromatic carbocycles. The lowest BCUT2D eigenvalue weighted by Gasteiger charge is -2.15. The second-order valence-electron chi connectivity index (χ2n) is 4.60. The Kier molecular flexibility index (Phi) is 7.30. The van der Waals surface area contributed by atoms with E-state index >= 15 is 0 Å². The first-order chi connectivity index (χ1) is 9.24. The second-order valence-corrected chi connectivity index (χ2v) is 4.60. The van der Waals surface area contributed by atoms with E-state index in [2.05, 4.69) is 12.2 Å². The Hall–Kier alpha value is -1.26. The Morgan fingerprint density at radius 1 is 1.26 bits per heavy atom. The van der Waals surface area contributed by atoms with E-state index in [1.54, 1.807) is 14.2 Å². The maximum atomic E-state index is 8.96. The van der Waals surface area contributed by atoms with Crippen LogP contribution < -0.4 is 14.8 Å². The Labute approximate surface area is 115 Å². The number of nitrogens with one attached hydrogen (secondary N) is 1. The van der Waals surface area contributed by atoms with Crippen molar-refractivity contribution in [2.24, 2.45) is 5.92 Å². The molecule has 4 heteroatoms. The van der Waals surface area contributed by atoms with Crippen molar-refractivity contribution >= 4 is 0 Å². The maximum Gasteiger partial charge on any atom is 0.127 e. The third-order valence-electron chi connectivity index (χ3n) is 3.36. The first-order valence-corrected chi connectivity index (χ1v) is 6.77. The molecule has 0 saturated heterocycles. The first-order valence-electron chi connectivity index (χ1n) is 6.77. The van der Waals surface area contributed by atoms with Gasteiger partial charge in [-0.05, 0) is 24.9 Å². The minimum atomic E-state index is 0.256. The van der Waals surface area contributed by atoms with Crippen molar-refractivity contribution in [3.8, 4) is 11.5 Å². The summed E-state index contributed by atoms with van der Waals surface area (Å²) in [6.45, 7) is 4.07. The Balaban J connectivity index is 2.52. The Morgan fingerprint density at radius 3 is 2.63 bits per heavy atom. The summed E-state index contributed by atoms with van der Waals surface area (Å²) in [5.74, 6) is 2.16. The average molecular weight is 267 g/mol. The number of rotatable bonds is 9. The van der Waals surface area contributed by atoms with Gasteiger partial charge in [0.2, 0.25) is 0 Å². The van der Waals surface area contributed by atoms with Crippen LogP contribution in [0.2, 0.25) is 0 Å². The summed E-state index contributed by atoms with van der Waals surface area (Å²) in [6, 6.07) is 5.84. The number of ether oxygens (including phenoxy) is 2. The molecular formula is C15H25NO3. The van der Waals surface area contributed by atoms with Crippen molar-refractivity contribution in [1.29, 1.82) is 0 Å². The van der Waals surface area contributed by atoms with Crippen molar-refractivity contribution < 1.29 is 14.6 Å². The molecular weight excluding hydrogens is 242 g/mol. The van der Waals surface area contributed by atoms with E-state index in [9.17, 15) is 0 Å². The van der Waals surface area contributed by atoms with E-state index in [0.29, 0.717) is 5.92 Å². The van der Waals surface area contributed by atoms with E-state index in [-0.39, 0.29) is 6.61 Å². The van der Waals surface area contributed by atoms with Gasteiger partial charge in [0.25, 0.3) is 0 Å². The summed E-state index contributed by atoms with van der Waals surface area (Å²) in [7, 11) is 3.31. The van der Waals surface area contributed by atoms with Gasteiger partial charge >= 0.3 is 0 Å². The fourth-order valence-corrected chi connectivity index (χ4v) is 2.04. The van der Waals surface area contributed by atoms with E-state index in [1.807, 2.05) is 18.2 Å². The van der Waals surface area contributed by atoms with Crippen LogP contribution in [0.5, 0.6) is 11.5 Å². The monoisotopic (exact) mass is 267 g/mol. The van der Waals surface area contributed by atoms with Crippen molar-refractivity contribution in [1.82, 2.24) is 5.32 Å². The fraction of sp³-hybridized carbons (Fsp3) is 0.600. The van der Waals surface area contributed by atoms with Crippen LogP contribution >= 0.6 is 0 Å². The lowest BCUT2D eigenvalue weighted by atomic mass is 10.0.